The Morgan fingerprint density at radius 1 is 1.24 bits per heavy atom. The number of hydrogen-bond acceptors (Lipinski definition) is 7. The van der Waals surface area contributed by atoms with E-state index in [0.717, 1.165) is 20.1 Å². The molecule has 7 heteroatoms. The molecule has 0 saturated carbocycles. The summed E-state index contributed by atoms with van der Waals surface area (Å²) in [5.74, 6) is 1.47. The van der Waals surface area contributed by atoms with Crippen LogP contribution in [0.15, 0.2) is 44.7 Å². The SMILES string of the molecule is CCSc1nnc(SCC(=O)/C=C2/N(C)c3ccccc3C2(C)C)s1. The van der Waals surface area contributed by atoms with Crippen LogP contribution in [0, 0.1) is 0 Å². The van der Waals surface area contributed by atoms with Crippen molar-refractivity contribution in [2.24, 2.45) is 0 Å². The number of thioether (sulfide) groups is 2. The number of allylic oxidation sites excluding steroid dienone is 2. The number of benzene rings is 1. The molecule has 0 fully saturated rings. The molecule has 1 aromatic carbocycles. The molecule has 0 radical (unpaired) electrons. The number of carbonyl (C=O) groups excluding carboxylic acids is 1. The summed E-state index contributed by atoms with van der Waals surface area (Å²) in [6.07, 6.45) is 1.79. The van der Waals surface area contributed by atoms with Gasteiger partial charge in [0.05, 0.1) is 5.75 Å². The van der Waals surface area contributed by atoms with E-state index in [9.17, 15) is 4.79 Å². The lowest BCUT2D eigenvalue weighted by Crippen LogP contribution is -2.24. The average Bonchev–Trinajstić information content (AvgIpc) is 3.11. The Morgan fingerprint density at radius 2 is 1.92 bits per heavy atom. The van der Waals surface area contributed by atoms with Crippen LogP contribution >= 0.6 is 34.9 Å². The van der Waals surface area contributed by atoms with E-state index in [2.05, 4.69) is 54.1 Å². The molecule has 2 aromatic rings. The Balaban J connectivity index is 1.71. The Labute approximate surface area is 161 Å². The summed E-state index contributed by atoms with van der Waals surface area (Å²) in [5, 5.41) is 8.27. The minimum absolute atomic E-state index is 0.104. The lowest BCUT2D eigenvalue weighted by Gasteiger charge is -2.23. The molecule has 2 heterocycles. The second-order valence-electron chi connectivity index (χ2n) is 6.25. The number of aromatic nitrogens is 2. The van der Waals surface area contributed by atoms with E-state index in [0.29, 0.717) is 5.75 Å². The Bertz CT molecular complexity index is 813. The van der Waals surface area contributed by atoms with Crippen molar-refractivity contribution in [1.29, 1.82) is 0 Å². The summed E-state index contributed by atoms with van der Waals surface area (Å²) in [6, 6.07) is 8.33. The average molecular weight is 392 g/mol. The first-order valence-electron chi connectivity index (χ1n) is 8.10. The van der Waals surface area contributed by atoms with Gasteiger partial charge in [-0.15, -0.1) is 10.2 Å². The van der Waals surface area contributed by atoms with Crippen LogP contribution in [0.25, 0.3) is 0 Å². The third-order valence-corrected chi connectivity index (χ3v) is 7.33. The van der Waals surface area contributed by atoms with Crippen molar-refractivity contribution in [3.8, 4) is 0 Å². The third-order valence-electron chi connectivity index (χ3n) is 4.23. The van der Waals surface area contributed by atoms with Crippen molar-refractivity contribution in [1.82, 2.24) is 10.2 Å². The number of hydrogen-bond donors (Lipinski definition) is 0. The van der Waals surface area contributed by atoms with Gasteiger partial charge in [0.2, 0.25) is 0 Å². The van der Waals surface area contributed by atoms with Gasteiger partial charge in [-0.1, -0.05) is 73.8 Å². The lowest BCUT2D eigenvalue weighted by molar-refractivity contribution is -0.112. The van der Waals surface area contributed by atoms with E-state index < -0.39 is 0 Å². The molecule has 1 aliphatic heterocycles. The second-order valence-corrected chi connectivity index (χ2v) is 9.96. The second kappa shape index (κ2) is 7.51. The van der Waals surface area contributed by atoms with Crippen molar-refractivity contribution in [2.45, 2.75) is 34.9 Å². The summed E-state index contributed by atoms with van der Waals surface area (Å²) in [7, 11) is 2.03. The maximum Gasteiger partial charge on any atom is 0.175 e. The molecule has 0 spiro atoms. The number of likely N-dealkylation sites (N-methyl/N-ethyl adjacent to an activating group) is 1. The van der Waals surface area contributed by atoms with Gasteiger partial charge in [-0.2, -0.15) is 0 Å². The lowest BCUT2D eigenvalue weighted by atomic mass is 9.83. The fourth-order valence-electron chi connectivity index (χ4n) is 3.02. The smallest absolute Gasteiger partial charge is 0.175 e. The summed E-state index contributed by atoms with van der Waals surface area (Å²) in [6.45, 7) is 6.42. The number of anilines is 1. The van der Waals surface area contributed by atoms with Gasteiger partial charge in [0.1, 0.15) is 0 Å². The molecule has 1 aliphatic rings. The fraction of sp³-hybridized carbons (Fsp3) is 0.389. The van der Waals surface area contributed by atoms with Gasteiger partial charge in [0.15, 0.2) is 14.5 Å². The molecule has 4 nitrogen and oxygen atoms in total. The monoisotopic (exact) mass is 391 g/mol. The zero-order chi connectivity index (χ0) is 18.0. The van der Waals surface area contributed by atoms with Crippen LogP contribution in [0.4, 0.5) is 5.69 Å². The van der Waals surface area contributed by atoms with Gasteiger partial charge in [-0.05, 0) is 17.4 Å². The van der Waals surface area contributed by atoms with E-state index in [1.807, 2.05) is 13.1 Å². The predicted octanol–water partition coefficient (Wildman–Crippen LogP) is 4.62. The zero-order valence-electron chi connectivity index (χ0n) is 14.8. The maximum absolute atomic E-state index is 12.5. The highest BCUT2D eigenvalue weighted by atomic mass is 32.2. The maximum atomic E-state index is 12.5. The number of nitrogens with zero attached hydrogens (tertiary/aromatic N) is 3. The van der Waals surface area contributed by atoms with Gasteiger partial charge in [-0.25, -0.2) is 0 Å². The molecular formula is C18H21N3OS3. The largest absolute Gasteiger partial charge is 0.347 e. The Morgan fingerprint density at radius 3 is 2.60 bits per heavy atom. The number of carbonyl (C=O) groups is 1. The summed E-state index contributed by atoms with van der Waals surface area (Å²) >= 11 is 4.69. The van der Waals surface area contributed by atoms with Gasteiger partial charge in [-0.3, -0.25) is 4.79 Å². The molecule has 0 unspecified atom stereocenters. The first-order chi connectivity index (χ1) is 11.9. The zero-order valence-corrected chi connectivity index (χ0v) is 17.2. The van der Waals surface area contributed by atoms with Gasteiger partial charge in [0, 0.05) is 29.9 Å². The normalized spacial score (nSPS) is 17.1. The quantitative estimate of drug-likeness (QED) is 0.529. The molecule has 132 valence electrons. The summed E-state index contributed by atoms with van der Waals surface area (Å²) in [4.78, 5) is 14.6. The van der Waals surface area contributed by atoms with E-state index in [1.54, 1.807) is 29.2 Å². The fourth-order valence-corrected chi connectivity index (χ4v) is 5.76. The molecule has 3 rings (SSSR count). The number of ketones is 1. The highest BCUT2D eigenvalue weighted by Crippen LogP contribution is 2.46. The molecule has 0 atom stereocenters. The van der Waals surface area contributed by atoms with E-state index in [-0.39, 0.29) is 11.2 Å². The molecule has 1 aromatic heterocycles. The van der Waals surface area contributed by atoms with Crippen LogP contribution in [0.1, 0.15) is 26.3 Å². The molecular weight excluding hydrogens is 370 g/mol. The van der Waals surface area contributed by atoms with Crippen molar-refractivity contribution >= 4 is 46.3 Å². The van der Waals surface area contributed by atoms with E-state index in [4.69, 9.17) is 0 Å². The first-order valence-corrected chi connectivity index (χ1v) is 10.9. The molecule has 0 amide bonds. The predicted molar refractivity (Wildman–Crippen MR) is 108 cm³/mol. The Kier molecular flexibility index (Phi) is 5.55. The van der Waals surface area contributed by atoms with Crippen LogP contribution in [-0.4, -0.2) is 34.5 Å². The van der Waals surface area contributed by atoms with E-state index in [1.165, 1.54) is 23.0 Å². The van der Waals surface area contributed by atoms with Crippen LogP contribution in [-0.2, 0) is 10.2 Å². The number of rotatable bonds is 6. The highest BCUT2D eigenvalue weighted by molar-refractivity contribution is 8.03. The first kappa shape index (κ1) is 18.5. The van der Waals surface area contributed by atoms with Crippen molar-refractivity contribution < 1.29 is 4.79 Å². The molecule has 0 N–H and O–H groups in total. The number of fused-ring (bicyclic) bond motifs is 1. The molecule has 0 aliphatic carbocycles. The minimum Gasteiger partial charge on any atom is -0.347 e. The van der Waals surface area contributed by atoms with Crippen molar-refractivity contribution in [3.05, 3.63) is 41.6 Å². The standard InChI is InChI=1S/C18H21N3OS3/c1-5-23-16-19-20-17(25-16)24-11-12(22)10-15-18(2,3)13-8-6-7-9-14(13)21(15)4/h6-10H,5,11H2,1-4H3/b15-10+. The summed E-state index contributed by atoms with van der Waals surface area (Å²) < 4.78 is 1.81. The third kappa shape index (κ3) is 3.78. The van der Waals surface area contributed by atoms with Crippen LogP contribution < -0.4 is 4.90 Å². The Hall–Kier alpha value is -1.31. The van der Waals surface area contributed by atoms with Crippen LogP contribution in [0.3, 0.4) is 0 Å². The summed E-state index contributed by atoms with van der Waals surface area (Å²) in [5.41, 5.74) is 3.30. The highest BCUT2D eigenvalue weighted by Gasteiger charge is 2.38. The van der Waals surface area contributed by atoms with Crippen molar-refractivity contribution in [3.63, 3.8) is 0 Å². The molecule has 0 saturated heterocycles. The van der Waals surface area contributed by atoms with Gasteiger partial charge < -0.3 is 4.90 Å². The van der Waals surface area contributed by atoms with Crippen molar-refractivity contribution in [2.75, 3.05) is 23.5 Å². The molecule has 25 heavy (non-hydrogen) atoms. The number of para-hydroxylation sites is 1. The van der Waals surface area contributed by atoms with E-state index >= 15 is 0 Å². The van der Waals surface area contributed by atoms with Gasteiger partial charge in [0.25, 0.3) is 0 Å². The van der Waals surface area contributed by atoms with Crippen LogP contribution in [0.5, 0.6) is 0 Å². The molecule has 0 bridgehead atoms. The minimum atomic E-state index is -0.167. The topological polar surface area (TPSA) is 46.1 Å². The van der Waals surface area contributed by atoms with Crippen LogP contribution in [0.2, 0.25) is 0 Å². The van der Waals surface area contributed by atoms with Gasteiger partial charge >= 0.3 is 0 Å².